The Morgan fingerprint density at radius 1 is 1.40 bits per heavy atom. The van der Waals surface area contributed by atoms with E-state index in [-0.39, 0.29) is 11.6 Å². The molecule has 0 spiro atoms. The van der Waals surface area contributed by atoms with Crippen molar-refractivity contribution in [2.45, 2.75) is 0 Å². The van der Waals surface area contributed by atoms with Crippen molar-refractivity contribution in [3.8, 4) is 0 Å². The van der Waals surface area contributed by atoms with Crippen LogP contribution in [0.1, 0.15) is 10.4 Å². The highest BCUT2D eigenvalue weighted by Crippen LogP contribution is 2.18. The number of carboxylic acid groups (broad SMARTS) is 1. The van der Waals surface area contributed by atoms with E-state index in [1.165, 1.54) is 6.07 Å². The summed E-state index contributed by atoms with van der Waals surface area (Å²) in [7, 11) is 0. The number of hydrogen-bond acceptors (Lipinski definition) is 5. The lowest BCUT2D eigenvalue weighted by atomic mass is 10.2. The zero-order valence-electron chi connectivity index (χ0n) is 7.54. The zero-order chi connectivity index (χ0) is 10.7. The molecule has 1 heterocycles. The van der Waals surface area contributed by atoms with E-state index < -0.39 is 5.97 Å². The Bertz CT molecular complexity index is 467. The van der Waals surface area contributed by atoms with E-state index in [1.54, 1.807) is 18.2 Å². The van der Waals surface area contributed by atoms with Gasteiger partial charge in [0.1, 0.15) is 0 Å². The molecule has 6 heteroatoms. The first-order valence-corrected chi connectivity index (χ1v) is 4.13. The molecule has 0 fully saturated rings. The monoisotopic (exact) mass is 205 g/mol. The highest BCUT2D eigenvalue weighted by atomic mass is 16.4. The van der Waals surface area contributed by atoms with Crippen LogP contribution in [0.5, 0.6) is 0 Å². The number of carboxylic acids is 1. The molecule has 76 valence electrons. The molecule has 1 aromatic carbocycles. The van der Waals surface area contributed by atoms with Gasteiger partial charge in [0.2, 0.25) is 6.39 Å². The van der Waals surface area contributed by atoms with Crippen molar-refractivity contribution in [3.05, 3.63) is 36.2 Å². The third kappa shape index (κ3) is 1.93. The fourth-order valence-electron chi connectivity index (χ4n) is 1.12. The largest absolute Gasteiger partial charge is 0.478 e. The van der Waals surface area contributed by atoms with Crippen LogP contribution >= 0.6 is 0 Å². The predicted molar refractivity (Wildman–Crippen MR) is 51.0 cm³/mol. The number of nitrogens with zero attached hydrogens (tertiary/aromatic N) is 2. The molecular weight excluding hydrogens is 198 g/mol. The summed E-state index contributed by atoms with van der Waals surface area (Å²) in [4.78, 5) is 10.8. The average molecular weight is 205 g/mol. The van der Waals surface area contributed by atoms with Gasteiger partial charge in [-0.1, -0.05) is 17.2 Å². The number of para-hydroxylation sites is 1. The lowest BCUT2D eigenvalue weighted by molar-refractivity contribution is 0.0698. The molecule has 2 aromatic rings. The van der Waals surface area contributed by atoms with Crippen LogP contribution in [0.15, 0.2) is 35.1 Å². The molecule has 6 nitrogen and oxygen atoms in total. The maximum Gasteiger partial charge on any atom is 0.337 e. The summed E-state index contributed by atoms with van der Waals surface area (Å²) in [6.07, 6.45) is 1.16. The van der Waals surface area contributed by atoms with Crippen LogP contribution in [-0.4, -0.2) is 21.3 Å². The highest BCUT2D eigenvalue weighted by molar-refractivity contribution is 5.94. The van der Waals surface area contributed by atoms with E-state index in [2.05, 4.69) is 15.5 Å². The number of nitrogens with one attached hydrogen (secondary N) is 1. The summed E-state index contributed by atoms with van der Waals surface area (Å²) in [6, 6.07) is 6.62. The van der Waals surface area contributed by atoms with Gasteiger partial charge in [0, 0.05) is 0 Å². The van der Waals surface area contributed by atoms with E-state index in [0.29, 0.717) is 5.69 Å². The molecule has 0 aliphatic rings. The fraction of sp³-hybridized carbons (Fsp3) is 0. The molecule has 1 aromatic heterocycles. The van der Waals surface area contributed by atoms with Gasteiger partial charge in [-0.3, -0.25) is 0 Å². The standard InChI is InChI=1S/C9H7N3O3/c13-8(14)6-3-1-2-4-7(6)11-9-12-10-5-15-9/h1-5H,(H,11,12)(H,13,14). The SMILES string of the molecule is O=C(O)c1ccccc1Nc1nnco1. The van der Waals surface area contributed by atoms with Crippen molar-refractivity contribution < 1.29 is 14.3 Å². The molecule has 0 amide bonds. The molecule has 15 heavy (non-hydrogen) atoms. The maximum atomic E-state index is 10.8. The Hall–Kier alpha value is -2.37. The van der Waals surface area contributed by atoms with Crippen molar-refractivity contribution in [1.29, 1.82) is 0 Å². The lowest BCUT2D eigenvalue weighted by Crippen LogP contribution is -2.02. The minimum Gasteiger partial charge on any atom is -0.478 e. The highest BCUT2D eigenvalue weighted by Gasteiger charge is 2.10. The molecule has 0 bridgehead atoms. The Labute approximate surface area is 84.6 Å². The first kappa shape index (κ1) is 9.20. The van der Waals surface area contributed by atoms with Crippen LogP contribution in [0.4, 0.5) is 11.7 Å². The van der Waals surface area contributed by atoms with Gasteiger partial charge in [0.05, 0.1) is 11.3 Å². The van der Waals surface area contributed by atoms with Crippen LogP contribution < -0.4 is 5.32 Å². The first-order valence-electron chi connectivity index (χ1n) is 4.13. The summed E-state index contributed by atoms with van der Waals surface area (Å²) in [5.41, 5.74) is 0.560. The molecular formula is C9H7N3O3. The molecule has 2 N–H and O–H groups in total. The summed E-state index contributed by atoms with van der Waals surface area (Å²) in [5, 5.41) is 18.7. The van der Waals surface area contributed by atoms with Gasteiger partial charge in [-0.25, -0.2) is 4.79 Å². The van der Waals surface area contributed by atoms with E-state index in [9.17, 15) is 4.79 Å². The second-order valence-electron chi connectivity index (χ2n) is 2.72. The van der Waals surface area contributed by atoms with Gasteiger partial charge in [-0.2, -0.15) is 0 Å². The molecule has 0 saturated carbocycles. The molecule has 0 atom stereocenters. The molecule has 0 saturated heterocycles. The van der Waals surface area contributed by atoms with Crippen LogP contribution in [0.2, 0.25) is 0 Å². The molecule has 2 rings (SSSR count). The number of carbonyl (C=O) groups is 1. The molecule has 0 unspecified atom stereocenters. The average Bonchev–Trinajstić information content (AvgIpc) is 2.71. The van der Waals surface area contributed by atoms with Gasteiger partial charge in [0.15, 0.2) is 0 Å². The number of aromatic carboxylic acids is 1. The van der Waals surface area contributed by atoms with Crippen LogP contribution in [0.3, 0.4) is 0 Å². The molecule has 0 radical (unpaired) electrons. The molecule has 0 aliphatic heterocycles. The second-order valence-corrected chi connectivity index (χ2v) is 2.72. The zero-order valence-corrected chi connectivity index (χ0v) is 7.54. The van der Waals surface area contributed by atoms with E-state index in [4.69, 9.17) is 9.52 Å². The van der Waals surface area contributed by atoms with Crippen LogP contribution in [-0.2, 0) is 0 Å². The van der Waals surface area contributed by atoms with Gasteiger partial charge in [0.25, 0.3) is 0 Å². The number of aromatic nitrogens is 2. The minimum absolute atomic E-state index is 0.149. The van der Waals surface area contributed by atoms with E-state index >= 15 is 0 Å². The number of rotatable bonds is 3. The van der Waals surface area contributed by atoms with Crippen LogP contribution in [0, 0.1) is 0 Å². The quantitative estimate of drug-likeness (QED) is 0.789. The van der Waals surface area contributed by atoms with Crippen molar-refractivity contribution in [2.75, 3.05) is 5.32 Å². The smallest absolute Gasteiger partial charge is 0.337 e. The topological polar surface area (TPSA) is 88.2 Å². The maximum absolute atomic E-state index is 10.8. The second kappa shape index (κ2) is 3.79. The minimum atomic E-state index is -1.02. The van der Waals surface area contributed by atoms with Gasteiger partial charge in [-0.05, 0) is 12.1 Å². The number of hydrogen-bond donors (Lipinski definition) is 2. The Morgan fingerprint density at radius 3 is 2.87 bits per heavy atom. The van der Waals surface area contributed by atoms with Crippen molar-refractivity contribution in [1.82, 2.24) is 10.2 Å². The Kier molecular flexibility index (Phi) is 2.32. The first-order chi connectivity index (χ1) is 7.27. The predicted octanol–water partition coefficient (Wildman–Crippen LogP) is 1.51. The third-order valence-electron chi connectivity index (χ3n) is 1.76. The summed E-state index contributed by atoms with van der Waals surface area (Å²) in [5.74, 6) is -1.02. The van der Waals surface area contributed by atoms with Gasteiger partial charge < -0.3 is 14.8 Å². The van der Waals surface area contributed by atoms with Crippen molar-refractivity contribution >= 4 is 17.7 Å². The number of benzene rings is 1. The third-order valence-corrected chi connectivity index (χ3v) is 1.76. The number of anilines is 2. The Morgan fingerprint density at radius 2 is 2.20 bits per heavy atom. The summed E-state index contributed by atoms with van der Waals surface area (Å²) < 4.78 is 4.85. The fourth-order valence-corrected chi connectivity index (χ4v) is 1.12. The lowest BCUT2D eigenvalue weighted by Gasteiger charge is -2.04. The van der Waals surface area contributed by atoms with Crippen molar-refractivity contribution in [2.24, 2.45) is 0 Å². The summed E-state index contributed by atoms with van der Waals surface area (Å²) in [6.45, 7) is 0. The Balaban J connectivity index is 2.32. The van der Waals surface area contributed by atoms with E-state index in [0.717, 1.165) is 6.39 Å². The summed E-state index contributed by atoms with van der Waals surface area (Å²) >= 11 is 0. The molecule has 0 aliphatic carbocycles. The van der Waals surface area contributed by atoms with E-state index in [1.807, 2.05) is 0 Å². The normalized spacial score (nSPS) is 9.87. The van der Waals surface area contributed by atoms with Crippen LogP contribution in [0.25, 0.3) is 0 Å². The van der Waals surface area contributed by atoms with Gasteiger partial charge in [-0.15, -0.1) is 5.10 Å². The van der Waals surface area contributed by atoms with Gasteiger partial charge >= 0.3 is 12.0 Å². The van der Waals surface area contributed by atoms with Crippen molar-refractivity contribution in [3.63, 3.8) is 0 Å².